The smallest absolute Gasteiger partial charge is 0.122 e. The van der Waals surface area contributed by atoms with Crippen molar-refractivity contribution in [3.63, 3.8) is 0 Å². The molecule has 2 unspecified atom stereocenters. The fourth-order valence-electron chi connectivity index (χ4n) is 3.88. The van der Waals surface area contributed by atoms with Crippen molar-refractivity contribution in [1.29, 1.82) is 0 Å². The van der Waals surface area contributed by atoms with Gasteiger partial charge in [-0.3, -0.25) is 9.80 Å². The lowest BCUT2D eigenvalue weighted by Crippen LogP contribution is -2.51. The highest BCUT2D eigenvalue weighted by atomic mass is 16.3. The topological polar surface area (TPSA) is 44.5 Å². The Morgan fingerprint density at radius 2 is 1.96 bits per heavy atom. The van der Waals surface area contributed by atoms with Crippen LogP contribution in [0.5, 0.6) is 0 Å². The lowest BCUT2D eigenvalue weighted by atomic mass is 10.1. The second-order valence-electron chi connectivity index (χ2n) is 6.68. The van der Waals surface area contributed by atoms with Crippen LogP contribution >= 0.6 is 0 Å². The number of piperazine rings is 1. The van der Waals surface area contributed by atoms with Crippen molar-refractivity contribution < 1.29 is 5.11 Å². The van der Waals surface area contributed by atoms with Crippen molar-refractivity contribution in [3.05, 3.63) is 53.6 Å². The summed E-state index contributed by atoms with van der Waals surface area (Å²) in [4.78, 5) is 9.32. The largest absolute Gasteiger partial charge is 0.387 e. The molecule has 1 aromatic carbocycles. The van der Waals surface area contributed by atoms with Crippen LogP contribution in [0, 0.1) is 0 Å². The maximum atomic E-state index is 10.6. The Kier molecular flexibility index (Phi) is 3.93. The van der Waals surface area contributed by atoms with Gasteiger partial charge in [0.05, 0.1) is 12.6 Å². The monoisotopic (exact) mass is 312 g/mol. The van der Waals surface area contributed by atoms with Gasteiger partial charge in [0.2, 0.25) is 0 Å². The molecule has 0 amide bonds. The lowest BCUT2D eigenvalue weighted by Gasteiger charge is -2.39. The summed E-state index contributed by atoms with van der Waals surface area (Å²) in [6.45, 7) is 5.00. The summed E-state index contributed by atoms with van der Waals surface area (Å²) < 4.78 is 2.09. The Balaban J connectivity index is 1.36. The van der Waals surface area contributed by atoms with Gasteiger partial charge in [-0.05, 0) is 17.5 Å². The van der Waals surface area contributed by atoms with Crippen LogP contribution in [-0.4, -0.2) is 56.7 Å². The van der Waals surface area contributed by atoms with E-state index in [1.165, 1.54) is 5.56 Å². The number of aliphatic hydroxyl groups is 1. The molecule has 1 N–H and O–H groups in total. The van der Waals surface area contributed by atoms with E-state index in [1.54, 1.807) is 0 Å². The average molecular weight is 312 g/mol. The zero-order chi connectivity index (χ0) is 15.8. The number of benzene rings is 1. The highest BCUT2D eigenvalue weighted by Crippen LogP contribution is 2.34. The van der Waals surface area contributed by atoms with Crippen molar-refractivity contribution in [2.45, 2.75) is 25.1 Å². The maximum Gasteiger partial charge on any atom is 0.122 e. The van der Waals surface area contributed by atoms with Crippen molar-refractivity contribution in [3.8, 4) is 0 Å². The van der Waals surface area contributed by atoms with Crippen LogP contribution in [0.15, 0.2) is 36.7 Å². The fourth-order valence-corrected chi connectivity index (χ4v) is 3.88. The fraction of sp³-hybridized carbons (Fsp3) is 0.500. The highest BCUT2D eigenvalue weighted by Gasteiger charge is 2.36. The van der Waals surface area contributed by atoms with Crippen molar-refractivity contribution in [1.82, 2.24) is 19.4 Å². The van der Waals surface area contributed by atoms with Gasteiger partial charge in [0.15, 0.2) is 0 Å². The average Bonchev–Trinajstić information content (AvgIpc) is 3.13. The molecule has 0 spiro atoms. The van der Waals surface area contributed by atoms with Gasteiger partial charge in [-0.2, -0.15) is 0 Å². The third kappa shape index (κ3) is 2.80. The first-order valence-electron chi connectivity index (χ1n) is 8.41. The molecule has 1 aromatic heterocycles. The molecule has 5 heteroatoms. The van der Waals surface area contributed by atoms with E-state index in [1.807, 2.05) is 25.5 Å². The van der Waals surface area contributed by atoms with Gasteiger partial charge >= 0.3 is 0 Å². The van der Waals surface area contributed by atoms with Gasteiger partial charge in [-0.1, -0.05) is 24.3 Å². The van der Waals surface area contributed by atoms with Crippen molar-refractivity contribution in [2.75, 3.05) is 26.2 Å². The molecule has 0 bridgehead atoms. The number of hydrogen-bond donors (Lipinski definition) is 1. The van der Waals surface area contributed by atoms with Gasteiger partial charge in [0.25, 0.3) is 0 Å². The normalized spacial score (nSPS) is 25.7. The third-order valence-electron chi connectivity index (χ3n) is 5.33. The van der Waals surface area contributed by atoms with Crippen molar-refractivity contribution >= 4 is 0 Å². The second kappa shape index (κ2) is 6.07. The molecule has 0 radical (unpaired) electrons. The van der Waals surface area contributed by atoms with Crippen LogP contribution in [0.3, 0.4) is 0 Å². The number of aliphatic hydroxyl groups excluding tert-OH is 1. The Morgan fingerprint density at radius 1 is 1.17 bits per heavy atom. The molecule has 23 heavy (non-hydrogen) atoms. The number of nitrogens with zero attached hydrogens (tertiary/aromatic N) is 4. The van der Waals surface area contributed by atoms with Crippen LogP contribution in [-0.2, 0) is 20.0 Å². The predicted octanol–water partition coefficient (Wildman–Crippen LogP) is 1.20. The van der Waals surface area contributed by atoms with E-state index in [-0.39, 0.29) is 12.1 Å². The number of fused-ring (bicyclic) bond motifs is 1. The zero-order valence-corrected chi connectivity index (χ0v) is 13.6. The molecule has 1 saturated heterocycles. The van der Waals surface area contributed by atoms with Gasteiger partial charge in [0.1, 0.15) is 5.82 Å². The first-order valence-corrected chi connectivity index (χ1v) is 8.41. The predicted molar refractivity (Wildman–Crippen MR) is 89.0 cm³/mol. The van der Waals surface area contributed by atoms with E-state index in [0.717, 1.165) is 50.5 Å². The lowest BCUT2D eigenvalue weighted by molar-refractivity contribution is 0.0251. The second-order valence-corrected chi connectivity index (χ2v) is 6.68. The molecular formula is C18H24N4O. The molecule has 1 aliphatic carbocycles. The number of aromatic nitrogens is 2. The van der Waals surface area contributed by atoms with Crippen LogP contribution in [0.25, 0.3) is 0 Å². The molecule has 1 aliphatic heterocycles. The minimum Gasteiger partial charge on any atom is -0.387 e. The number of hydrogen-bond acceptors (Lipinski definition) is 4. The van der Waals surface area contributed by atoms with E-state index in [4.69, 9.17) is 0 Å². The van der Waals surface area contributed by atoms with Crippen LogP contribution in [0.4, 0.5) is 0 Å². The van der Waals surface area contributed by atoms with Gasteiger partial charge < -0.3 is 9.67 Å². The van der Waals surface area contributed by atoms with E-state index in [9.17, 15) is 5.11 Å². The Hall–Kier alpha value is -1.69. The maximum absolute atomic E-state index is 10.6. The molecule has 122 valence electrons. The Labute approximate surface area is 137 Å². The quantitative estimate of drug-likeness (QED) is 0.925. The van der Waals surface area contributed by atoms with Crippen LogP contribution in [0.1, 0.15) is 23.1 Å². The van der Waals surface area contributed by atoms with E-state index >= 15 is 0 Å². The third-order valence-corrected chi connectivity index (χ3v) is 5.33. The number of imidazole rings is 1. The summed E-state index contributed by atoms with van der Waals surface area (Å²) >= 11 is 0. The molecule has 1 fully saturated rings. The first kappa shape index (κ1) is 14.9. The summed E-state index contributed by atoms with van der Waals surface area (Å²) in [5.41, 5.74) is 2.42. The Morgan fingerprint density at radius 3 is 2.65 bits per heavy atom. The molecule has 2 aromatic rings. The summed E-state index contributed by atoms with van der Waals surface area (Å²) in [6, 6.07) is 8.55. The molecule has 2 aliphatic rings. The Bertz CT molecular complexity index is 675. The number of rotatable bonds is 3. The van der Waals surface area contributed by atoms with E-state index in [0.29, 0.717) is 0 Å². The van der Waals surface area contributed by atoms with E-state index in [2.05, 4.69) is 37.5 Å². The summed E-state index contributed by atoms with van der Waals surface area (Å²) in [5.74, 6) is 1.12. The van der Waals surface area contributed by atoms with Gasteiger partial charge in [0, 0.05) is 51.7 Å². The summed E-state index contributed by atoms with van der Waals surface area (Å²) in [6.07, 6.45) is 4.49. The highest BCUT2D eigenvalue weighted by molar-refractivity contribution is 5.35. The van der Waals surface area contributed by atoms with E-state index < -0.39 is 0 Å². The van der Waals surface area contributed by atoms with Gasteiger partial charge in [-0.25, -0.2) is 4.98 Å². The van der Waals surface area contributed by atoms with Gasteiger partial charge in [-0.15, -0.1) is 0 Å². The molecule has 4 rings (SSSR count). The van der Waals surface area contributed by atoms with Crippen LogP contribution in [0.2, 0.25) is 0 Å². The summed E-state index contributed by atoms with van der Waals surface area (Å²) in [7, 11) is 2.05. The zero-order valence-electron chi connectivity index (χ0n) is 13.6. The molecular weight excluding hydrogens is 288 g/mol. The minimum atomic E-state index is -0.340. The first-order chi connectivity index (χ1) is 11.2. The SMILES string of the molecule is Cn1ccnc1CN1CCN(C2Cc3ccccc3C2O)CC1. The number of aryl methyl sites for hydroxylation is 1. The molecule has 0 saturated carbocycles. The van der Waals surface area contributed by atoms with Crippen molar-refractivity contribution in [2.24, 2.45) is 7.05 Å². The molecule has 5 nitrogen and oxygen atoms in total. The minimum absolute atomic E-state index is 0.239. The standard InChI is InChI=1S/C18H24N4O/c1-20-7-6-19-17(20)13-21-8-10-22(11-9-21)16-12-14-4-2-3-5-15(14)18(16)23/h2-7,16,18,23H,8-13H2,1H3. The van der Waals surface area contributed by atoms with Crippen LogP contribution < -0.4 is 0 Å². The molecule has 2 atom stereocenters. The molecule has 2 heterocycles. The summed E-state index contributed by atoms with van der Waals surface area (Å²) in [5, 5.41) is 10.6.